The minimum absolute atomic E-state index is 0.0395. The van der Waals surface area contributed by atoms with Gasteiger partial charge in [-0.1, -0.05) is 0 Å². The fourth-order valence-corrected chi connectivity index (χ4v) is 1.32. The normalized spacial score (nSPS) is 12.8. The SMILES string of the molecule is NC(CC(=O)O)c1cncs1. The topological polar surface area (TPSA) is 76.2 Å². The molecule has 0 aliphatic heterocycles. The maximum Gasteiger partial charge on any atom is 0.305 e. The van der Waals surface area contributed by atoms with Gasteiger partial charge in [-0.25, -0.2) is 0 Å². The van der Waals surface area contributed by atoms with E-state index in [1.807, 2.05) is 0 Å². The zero-order valence-electron chi connectivity index (χ0n) is 5.73. The third kappa shape index (κ3) is 2.28. The number of carbonyl (C=O) groups is 1. The van der Waals surface area contributed by atoms with E-state index in [1.54, 1.807) is 11.7 Å². The Balaban J connectivity index is 2.56. The number of hydrogen-bond donors (Lipinski definition) is 2. The van der Waals surface area contributed by atoms with Crippen LogP contribution in [-0.4, -0.2) is 16.1 Å². The molecule has 0 aromatic carbocycles. The molecule has 1 unspecified atom stereocenters. The first-order valence-electron chi connectivity index (χ1n) is 3.06. The van der Waals surface area contributed by atoms with Crippen LogP contribution in [0.15, 0.2) is 11.7 Å². The fourth-order valence-electron chi connectivity index (χ4n) is 0.697. The summed E-state index contributed by atoms with van der Waals surface area (Å²) in [7, 11) is 0. The highest BCUT2D eigenvalue weighted by molar-refractivity contribution is 7.09. The number of nitrogens with two attached hydrogens (primary N) is 1. The monoisotopic (exact) mass is 172 g/mol. The highest BCUT2D eigenvalue weighted by Crippen LogP contribution is 2.17. The van der Waals surface area contributed by atoms with Crippen LogP contribution in [0.2, 0.25) is 0 Å². The summed E-state index contributed by atoms with van der Waals surface area (Å²) in [6.45, 7) is 0. The number of rotatable bonds is 3. The molecule has 0 radical (unpaired) electrons. The molecule has 4 nitrogen and oxygen atoms in total. The summed E-state index contributed by atoms with van der Waals surface area (Å²) in [5, 5.41) is 8.39. The molecule has 0 fully saturated rings. The molecule has 0 aliphatic rings. The number of carboxylic acids is 1. The summed E-state index contributed by atoms with van der Waals surface area (Å²) < 4.78 is 0. The van der Waals surface area contributed by atoms with Gasteiger partial charge in [0.05, 0.1) is 18.0 Å². The van der Waals surface area contributed by atoms with Gasteiger partial charge in [-0.3, -0.25) is 9.78 Å². The largest absolute Gasteiger partial charge is 0.481 e. The third-order valence-electron chi connectivity index (χ3n) is 1.21. The molecule has 0 spiro atoms. The van der Waals surface area contributed by atoms with Crippen molar-refractivity contribution in [2.75, 3.05) is 0 Å². The lowest BCUT2D eigenvalue weighted by molar-refractivity contribution is -0.137. The number of aliphatic carboxylic acids is 1. The van der Waals surface area contributed by atoms with Gasteiger partial charge >= 0.3 is 5.97 Å². The van der Waals surface area contributed by atoms with Crippen LogP contribution < -0.4 is 5.73 Å². The lowest BCUT2D eigenvalue weighted by Gasteiger charge is -2.03. The van der Waals surface area contributed by atoms with Gasteiger partial charge in [-0.2, -0.15) is 0 Å². The highest BCUT2D eigenvalue weighted by atomic mass is 32.1. The van der Waals surface area contributed by atoms with E-state index in [-0.39, 0.29) is 6.42 Å². The van der Waals surface area contributed by atoms with Gasteiger partial charge in [0.1, 0.15) is 0 Å². The van der Waals surface area contributed by atoms with Gasteiger partial charge < -0.3 is 10.8 Å². The number of nitrogens with zero attached hydrogens (tertiary/aromatic N) is 1. The van der Waals surface area contributed by atoms with E-state index >= 15 is 0 Å². The Kier molecular flexibility index (Phi) is 2.56. The number of hydrogen-bond acceptors (Lipinski definition) is 4. The van der Waals surface area contributed by atoms with Crippen molar-refractivity contribution < 1.29 is 9.90 Å². The van der Waals surface area contributed by atoms with Crippen LogP contribution in [0, 0.1) is 0 Å². The average Bonchev–Trinajstić information content (AvgIpc) is 2.35. The third-order valence-corrected chi connectivity index (χ3v) is 2.12. The van der Waals surface area contributed by atoms with Gasteiger partial charge in [0.2, 0.25) is 0 Å². The minimum Gasteiger partial charge on any atom is -0.481 e. The van der Waals surface area contributed by atoms with Gasteiger partial charge in [0, 0.05) is 11.1 Å². The van der Waals surface area contributed by atoms with Crippen LogP contribution >= 0.6 is 11.3 Å². The molecular formula is C6H8N2O2S. The Bertz CT molecular complexity index is 235. The van der Waals surface area contributed by atoms with Crippen molar-refractivity contribution in [3.8, 4) is 0 Å². The number of aromatic nitrogens is 1. The first-order valence-corrected chi connectivity index (χ1v) is 3.94. The lowest BCUT2D eigenvalue weighted by atomic mass is 10.2. The van der Waals surface area contributed by atoms with Crippen molar-refractivity contribution in [1.82, 2.24) is 4.98 Å². The molecule has 0 saturated carbocycles. The van der Waals surface area contributed by atoms with Gasteiger partial charge in [-0.15, -0.1) is 11.3 Å². The standard InChI is InChI=1S/C6H8N2O2S/c7-4(1-6(9)10)5-2-8-3-11-5/h2-4H,1,7H2,(H,9,10). The molecule has 0 saturated heterocycles. The Hall–Kier alpha value is -0.940. The molecule has 0 amide bonds. The molecule has 0 aliphatic carbocycles. The lowest BCUT2D eigenvalue weighted by Crippen LogP contribution is -2.13. The van der Waals surface area contributed by atoms with Crippen molar-refractivity contribution in [2.45, 2.75) is 12.5 Å². The average molecular weight is 172 g/mol. The first kappa shape index (κ1) is 8.16. The number of carboxylic acid groups (broad SMARTS) is 1. The summed E-state index contributed by atoms with van der Waals surface area (Å²) in [4.78, 5) is 14.8. The maximum absolute atomic E-state index is 10.2. The number of thiazole rings is 1. The Labute approximate surface area is 67.7 Å². The summed E-state index contributed by atoms with van der Waals surface area (Å²) in [6, 6.07) is -0.417. The van der Waals surface area contributed by atoms with Crippen LogP contribution in [0.1, 0.15) is 17.3 Å². The molecule has 1 heterocycles. The van der Waals surface area contributed by atoms with Crippen molar-refractivity contribution in [1.29, 1.82) is 0 Å². The zero-order valence-corrected chi connectivity index (χ0v) is 6.54. The van der Waals surface area contributed by atoms with Crippen LogP contribution in [0.5, 0.6) is 0 Å². The van der Waals surface area contributed by atoms with Crippen molar-refractivity contribution in [3.05, 3.63) is 16.6 Å². The Morgan fingerprint density at radius 2 is 2.64 bits per heavy atom. The molecule has 1 atom stereocenters. The molecule has 1 rings (SSSR count). The molecular weight excluding hydrogens is 164 g/mol. The quantitative estimate of drug-likeness (QED) is 0.700. The van der Waals surface area contributed by atoms with E-state index in [4.69, 9.17) is 10.8 Å². The van der Waals surface area contributed by atoms with Crippen molar-refractivity contribution in [3.63, 3.8) is 0 Å². The minimum atomic E-state index is -0.883. The first-order chi connectivity index (χ1) is 5.20. The van der Waals surface area contributed by atoms with E-state index in [0.717, 1.165) is 4.88 Å². The maximum atomic E-state index is 10.2. The summed E-state index contributed by atoms with van der Waals surface area (Å²) in [6.07, 6.45) is 1.56. The zero-order chi connectivity index (χ0) is 8.27. The molecule has 0 bridgehead atoms. The summed E-state index contributed by atoms with van der Waals surface area (Å²) >= 11 is 1.37. The smallest absolute Gasteiger partial charge is 0.305 e. The summed E-state index contributed by atoms with van der Waals surface area (Å²) in [5.41, 5.74) is 7.17. The van der Waals surface area contributed by atoms with Crippen LogP contribution in [0.3, 0.4) is 0 Å². The van der Waals surface area contributed by atoms with Crippen LogP contribution in [0.25, 0.3) is 0 Å². The Morgan fingerprint density at radius 1 is 1.91 bits per heavy atom. The molecule has 60 valence electrons. The van der Waals surface area contributed by atoms with Crippen LogP contribution in [0.4, 0.5) is 0 Å². The van der Waals surface area contributed by atoms with Gasteiger partial charge in [0.25, 0.3) is 0 Å². The fraction of sp³-hybridized carbons (Fsp3) is 0.333. The van der Waals surface area contributed by atoms with Gasteiger partial charge in [-0.05, 0) is 0 Å². The van der Waals surface area contributed by atoms with E-state index in [2.05, 4.69) is 4.98 Å². The molecule has 1 aromatic rings. The highest BCUT2D eigenvalue weighted by Gasteiger charge is 2.10. The summed E-state index contributed by atoms with van der Waals surface area (Å²) in [5.74, 6) is -0.883. The molecule has 3 N–H and O–H groups in total. The van der Waals surface area contributed by atoms with Crippen molar-refractivity contribution >= 4 is 17.3 Å². The predicted molar refractivity (Wildman–Crippen MR) is 41.3 cm³/mol. The van der Waals surface area contributed by atoms with E-state index < -0.39 is 12.0 Å². The molecule has 5 heteroatoms. The van der Waals surface area contributed by atoms with E-state index in [1.165, 1.54) is 11.3 Å². The van der Waals surface area contributed by atoms with Crippen LogP contribution in [-0.2, 0) is 4.79 Å². The van der Waals surface area contributed by atoms with Crippen molar-refractivity contribution in [2.24, 2.45) is 5.73 Å². The van der Waals surface area contributed by atoms with E-state index in [0.29, 0.717) is 0 Å². The van der Waals surface area contributed by atoms with E-state index in [9.17, 15) is 4.79 Å². The van der Waals surface area contributed by atoms with Gasteiger partial charge in [0.15, 0.2) is 0 Å². The molecule has 1 aromatic heterocycles. The second-order valence-corrected chi connectivity index (χ2v) is 3.03. The molecule has 11 heavy (non-hydrogen) atoms. The second kappa shape index (κ2) is 3.45. The second-order valence-electron chi connectivity index (χ2n) is 2.11. The Morgan fingerprint density at radius 3 is 3.09 bits per heavy atom. The predicted octanol–water partition coefficient (Wildman–Crippen LogP) is 0.618.